The van der Waals surface area contributed by atoms with Crippen LogP contribution in [-0.4, -0.2) is 55.0 Å². The summed E-state index contributed by atoms with van der Waals surface area (Å²) in [5.41, 5.74) is -0.198. The Labute approximate surface area is 235 Å². The normalized spacial score (nSPS) is 24.7. The third-order valence-corrected chi connectivity index (χ3v) is 6.53. The van der Waals surface area contributed by atoms with Gasteiger partial charge in [-0.25, -0.2) is 18.1 Å². The highest BCUT2D eigenvalue weighted by Crippen LogP contribution is 2.24. The summed E-state index contributed by atoms with van der Waals surface area (Å²) >= 11 is 0. The molecular formula is C27H36N6O3S. The molecule has 4 rings (SSSR count). The standard InChI is InChI=1S/C27H36N6O3S/c1-20-19-28-26(30-21-10-12-23(13-11-21)36-17-16-33-14-5-6-15-33)31-25(20)29-22-8-7-9-24(18-22)37(34,35)32-27(2,3)4/h7-13,18-19,32H,5-6,14-17H2,1-4H3,(H2,28,29,30,31)/i1D3,5D2,6D2,14D2,15D2. The second-order valence-electron chi connectivity index (χ2n) is 9.09. The van der Waals surface area contributed by atoms with Gasteiger partial charge in [0.1, 0.15) is 18.2 Å². The molecule has 1 aliphatic rings. The molecule has 0 spiro atoms. The summed E-state index contributed by atoms with van der Waals surface area (Å²) in [6.45, 7) is -4.08. The second-order valence-corrected chi connectivity index (χ2v) is 10.8. The lowest BCUT2D eigenvalue weighted by Gasteiger charge is -2.20. The zero-order valence-corrected chi connectivity index (χ0v) is 21.4. The third-order valence-electron chi connectivity index (χ3n) is 4.77. The summed E-state index contributed by atoms with van der Waals surface area (Å²) in [4.78, 5) is 8.88. The Kier molecular flexibility index (Phi) is 4.92. The van der Waals surface area contributed by atoms with Gasteiger partial charge in [0.2, 0.25) is 16.0 Å². The van der Waals surface area contributed by atoms with Crippen LogP contribution in [0.15, 0.2) is 59.6 Å². The molecule has 2 heterocycles. The van der Waals surface area contributed by atoms with Crippen molar-refractivity contribution in [3.05, 3.63) is 60.3 Å². The number of hydrogen-bond donors (Lipinski definition) is 3. The number of nitrogens with zero attached hydrogens (tertiary/aromatic N) is 3. The van der Waals surface area contributed by atoms with Crippen molar-refractivity contribution < 1.29 is 28.2 Å². The molecular weight excluding hydrogens is 488 g/mol. The van der Waals surface area contributed by atoms with Crippen LogP contribution in [0.25, 0.3) is 0 Å². The molecule has 0 bridgehead atoms. The van der Waals surface area contributed by atoms with Gasteiger partial charge in [-0.1, -0.05) is 6.07 Å². The molecule has 3 N–H and O–H groups in total. The Morgan fingerprint density at radius 3 is 2.54 bits per heavy atom. The van der Waals surface area contributed by atoms with Crippen LogP contribution < -0.4 is 20.1 Å². The molecule has 3 aromatic rings. The summed E-state index contributed by atoms with van der Waals surface area (Å²) in [5.74, 6) is 0.226. The van der Waals surface area contributed by atoms with Crippen molar-refractivity contribution in [3.63, 3.8) is 0 Å². The van der Waals surface area contributed by atoms with E-state index in [-0.39, 0.29) is 34.5 Å². The lowest BCUT2D eigenvalue weighted by molar-refractivity contribution is 0.238. The monoisotopic (exact) mass is 535 g/mol. The van der Waals surface area contributed by atoms with Crippen LogP contribution in [0.4, 0.5) is 23.1 Å². The van der Waals surface area contributed by atoms with Gasteiger partial charge in [0.25, 0.3) is 0 Å². The van der Waals surface area contributed by atoms with E-state index in [2.05, 4.69) is 25.3 Å². The molecule has 1 fully saturated rings. The van der Waals surface area contributed by atoms with Gasteiger partial charge < -0.3 is 15.4 Å². The Hall–Kier alpha value is -3.21. The third kappa shape index (κ3) is 7.88. The highest BCUT2D eigenvalue weighted by molar-refractivity contribution is 7.89. The van der Waals surface area contributed by atoms with Gasteiger partial charge in [-0.05, 0) is 95.8 Å². The van der Waals surface area contributed by atoms with Gasteiger partial charge in [-0.15, -0.1) is 0 Å². The smallest absolute Gasteiger partial charge is 0.241 e. The molecule has 2 aromatic carbocycles. The Bertz CT molecular complexity index is 1720. The molecule has 1 aliphatic heterocycles. The van der Waals surface area contributed by atoms with Crippen molar-refractivity contribution in [2.45, 2.75) is 50.8 Å². The minimum Gasteiger partial charge on any atom is -0.492 e. The maximum Gasteiger partial charge on any atom is 0.241 e. The molecule has 0 unspecified atom stereocenters. The van der Waals surface area contributed by atoms with E-state index in [1.165, 1.54) is 30.3 Å². The van der Waals surface area contributed by atoms with Crippen molar-refractivity contribution in [3.8, 4) is 5.75 Å². The Balaban J connectivity index is 1.47. The maximum atomic E-state index is 12.8. The van der Waals surface area contributed by atoms with E-state index in [1.54, 1.807) is 39.0 Å². The highest BCUT2D eigenvalue weighted by Gasteiger charge is 2.22. The van der Waals surface area contributed by atoms with Crippen molar-refractivity contribution in [1.29, 1.82) is 0 Å². The van der Waals surface area contributed by atoms with E-state index in [1.807, 2.05) is 0 Å². The zero-order chi connectivity index (χ0) is 36.1. The molecule has 0 amide bonds. The fourth-order valence-electron chi connectivity index (χ4n) is 3.23. The van der Waals surface area contributed by atoms with Crippen molar-refractivity contribution in [1.82, 2.24) is 19.6 Å². The van der Waals surface area contributed by atoms with E-state index in [4.69, 9.17) is 19.8 Å². The van der Waals surface area contributed by atoms with E-state index < -0.39 is 54.7 Å². The van der Waals surface area contributed by atoms with Crippen molar-refractivity contribution in [2.24, 2.45) is 0 Å². The molecule has 0 saturated carbocycles. The number of ether oxygens (including phenoxy) is 1. The number of aromatic nitrogens is 2. The first-order valence-electron chi connectivity index (χ1n) is 16.9. The number of hydrogen-bond acceptors (Lipinski definition) is 8. The molecule has 0 radical (unpaired) electrons. The molecule has 198 valence electrons. The predicted octanol–water partition coefficient (Wildman–Crippen LogP) is 4.82. The zero-order valence-electron chi connectivity index (χ0n) is 31.6. The lowest BCUT2D eigenvalue weighted by Crippen LogP contribution is -2.40. The number of aryl methyl sites for hydroxylation is 1. The highest BCUT2D eigenvalue weighted by atomic mass is 32.2. The van der Waals surface area contributed by atoms with E-state index in [9.17, 15) is 8.42 Å². The number of benzene rings is 2. The van der Waals surface area contributed by atoms with Crippen LogP contribution in [0, 0.1) is 6.85 Å². The summed E-state index contributed by atoms with van der Waals surface area (Å²) in [6, 6.07) is 12.0. The quantitative estimate of drug-likeness (QED) is 0.339. The number of anilines is 4. The summed E-state index contributed by atoms with van der Waals surface area (Å²) in [7, 11) is -3.88. The van der Waals surface area contributed by atoms with Crippen LogP contribution in [0.3, 0.4) is 0 Å². The van der Waals surface area contributed by atoms with Crippen LogP contribution in [0.2, 0.25) is 0 Å². The Morgan fingerprint density at radius 1 is 1.08 bits per heavy atom. The fraction of sp³-hybridized carbons (Fsp3) is 0.407. The minimum atomic E-state index is -3.88. The SMILES string of the molecule is [2H]C([2H])([2H])c1cnc(Nc2ccc(OCCN3C([2H])([2H])C([2H])([2H])C([2H])([2H])C3([2H])[2H])cc2)nc1Nc1cccc(S(=O)(=O)NC(C)(C)C)c1. The van der Waals surface area contributed by atoms with Gasteiger partial charge in [-0.3, -0.25) is 4.90 Å². The van der Waals surface area contributed by atoms with Gasteiger partial charge in [0.15, 0.2) is 0 Å². The van der Waals surface area contributed by atoms with Crippen LogP contribution in [0.1, 0.15) is 54.2 Å². The minimum absolute atomic E-state index is 0.0133. The molecule has 9 nitrogen and oxygen atoms in total. The van der Waals surface area contributed by atoms with E-state index in [0.29, 0.717) is 16.3 Å². The van der Waals surface area contributed by atoms with Gasteiger partial charge >= 0.3 is 0 Å². The fourth-order valence-corrected chi connectivity index (χ4v) is 4.69. The van der Waals surface area contributed by atoms with Crippen LogP contribution in [0.5, 0.6) is 5.75 Å². The van der Waals surface area contributed by atoms with Crippen LogP contribution in [-0.2, 0) is 10.0 Å². The summed E-state index contributed by atoms with van der Waals surface area (Å²) < 4.78 is 121. The first kappa shape index (κ1) is 15.9. The van der Waals surface area contributed by atoms with E-state index in [0.717, 1.165) is 6.20 Å². The first-order chi connectivity index (χ1) is 21.8. The van der Waals surface area contributed by atoms with Gasteiger partial charge in [0.05, 0.1) is 4.90 Å². The summed E-state index contributed by atoms with van der Waals surface area (Å²) in [6.07, 6.45) is -5.11. The number of sulfonamides is 1. The number of rotatable bonds is 10. The van der Waals surface area contributed by atoms with Crippen LogP contribution >= 0.6 is 0 Å². The Morgan fingerprint density at radius 2 is 1.84 bits per heavy atom. The van der Waals surface area contributed by atoms with E-state index >= 15 is 0 Å². The van der Waals surface area contributed by atoms with Gasteiger partial charge in [0, 0.05) is 50.3 Å². The average molecular weight is 536 g/mol. The number of nitrogens with one attached hydrogen (secondary N) is 3. The summed E-state index contributed by atoms with van der Waals surface area (Å²) in [5, 5.41) is 5.83. The van der Waals surface area contributed by atoms with Crippen molar-refractivity contribution in [2.75, 3.05) is 36.8 Å². The van der Waals surface area contributed by atoms with Crippen molar-refractivity contribution >= 4 is 33.2 Å². The molecule has 37 heavy (non-hydrogen) atoms. The number of likely N-dealkylation sites (tertiary alicyclic amines) is 1. The molecule has 10 heteroatoms. The molecule has 0 aliphatic carbocycles. The molecule has 1 aromatic heterocycles. The average Bonchev–Trinajstić information content (AvgIpc) is 3.00. The first-order valence-corrected chi connectivity index (χ1v) is 12.8. The molecule has 1 saturated heterocycles. The lowest BCUT2D eigenvalue weighted by atomic mass is 10.1. The topological polar surface area (TPSA) is 108 Å². The second kappa shape index (κ2) is 11.5. The predicted molar refractivity (Wildman–Crippen MR) is 147 cm³/mol. The maximum absolute atomic E-state index is 12.8. The van der Waals surface area contributed by atoms with Gasteiger partial charge in [-0.2, -0.15) is 4.98 Å². The molecule has 0 atom stereocenters. The largest absolute Gasteiger partial charge is 0.492 e.